The molecule has 2 N–H and O–H groups in total. The van der Waals surface area contributed by atoms with E-state index in [-0.39, 0.29) is 6.42 Å². The minimum absolute atomic E-state index is 0.286. The lowest BCUT2D eigenvalue weighted by Crippen LogP contribution is -2.27. The molecule has 22 heavy (non-hydrogen) atoms. The van der Waals surface area contributed by atoms with Crippen molar-refractivity contribution in [3.8, 4) is 5.75 Å². The number of benzene rings is 1. The van der Waals surface area contributed by atoms with Crippen molar-refractivity contribution in [1.82, 2.24) is 0 Å². The van der Waals surface area contributed by atoms with Gasteiger partial charge in [-0.25, -0.2) is 9.59 Å². The SMILES string of the molecule is COc1cc(NC(=O)OC(C)(C)C)ccc1CC(=O)C(=O)O. The normalized spacial score (nSPS) is 10.7. The minimum atomic E-state index is -1.50. The third-order valence-corrected chi connectivity index (χ3v) is 2.52. The Bertz CT molecular complexity index is 588. The summed E-state index contributed by atoms with van der Waals surface area (Å²) in [6.07, 6.45) is -0.908. The molecule has 1 amide bonds. The van der Waals surface area contributed by atoms with Gasteiger partial charge in [-0.05, 0) is 26.8 Å². The zero-order valence-electron chi connectivity index (χ0n) is 12.9. The third kappa shape index (κ3) is 5.43. The maximum absolute atomic E-state index is 11.7. The van der Waals surface area contributed by atoms with Crippen LogP contribution in [0.25, 0.3) is 0 Å². The first-order chi connectivity index (χ1) is 10.1. The molecule has 0 aromatic heterocycles. The van der Waals surface area contributed by atoms with Gasteiger partial charge >= 0.3 is 12.1 Å². The van der Waals surface area contributed by atoms with Crippen molar-refractivity contribution >= 4 is 23.5 Å². The number of aliphatic carboxylic acids is 1. The van der Waals surface area contributed by atoms with Crippen LogP contribution in [0.4, 0.5) is 10.5 Å². The van der Waals surface area contributed by atoms with E-state index in [9.17, 15) is 14.4 Å². The van der Waals surface area contributed by atoms with Crippen molar-refractivity contribution in [3.05, 3.63) is 23.8 Å². The van der Waals surface area contributed by atoms with E-state index < -0.39 is 23.4 Å². The Morgan fingerprint density at radius 1 is 1.23 bits per heavy atom. The molecule has 1 aromatic rings. The van der Waals surface area contributed by atoms with Crippen LogP contribution in [0.5, 0.6) is 5.75 Å². The van der Waals surface area contributed by atoms with Crippen molar-refractivity contribution in [2.45, 2.75) is 32.8 Å². The number of hydrogen-bond acceptors (Lipinski definition) is 5. The average Bonchev–Trinajstić information content (AvgIpc) is 2.37. The van der Waals surface area contributed by atoms with Crippen molar-refractivity contribution in [2.75, 3.05) is 12.4 Å². The van der Waals surface area contributed by atoms with Gasteiger partial charge in [-0.1, -0.05) is 6.07 Å². The summed E-state index contributed by atoms with van der Waals surface area (Å²) < 4.78 is 10.2. The first kappa shape index (κ1) is 17.5. The molecule has 0 aliphatic heterocycles. The highest BCUT2D eigenvalue weighted by Crippen LogP contribution is 2.24. The molecule has 0 heterocycles. The van der Waals surface area contributed by atoms with E-state index in [1.165, 1.54) is 25.3 Å². The van der Waals surface area contributed by atoms with Gasteiger partial charge in [0.1, 0.15) is 11.4 Å². The van der Waals surface area contributed by atoms with Crippen LogP contribution in [0.1, 0.15) is 26.3 Å². The summed E-state index contributed by atoms with van der Waals surface area (Å²) in [7, 11) is 1.39. The molecule has 1 aromatic carbocycles. The third-order valence-electron chi connectivity index (χ3n) is 2.52. The predicted octanol–water partition coefficient (Wildman–Crippen LogP) is 2.24. The van der Waals surface area contributed by atoms with Crippen LogP contribution < -0.4 is 10.1 Å². The average molecular weight is 309 g/mol. The molecule has 1 rings (SSSR count). The molecule has 0 aliphatic carbocycles. The van der Waals surface area contributed by atoms with E-state index in [0.717, 1.165) is 0 Å². The summed E-state index contributed by atoms with van der Waals surface area (Å²) in [5.41, 5.74) is 0.212. The lowest BCUT2D eigenvalue weighted by atomic mass is 10.1. The number of carboxylic acid groups (broad SMARTS) is 1. The Labute approximate surface area is 128 Å². The first-order valence-corrected chi connectivity index (χ1v) is 6.55. The topological polar surface area (TPSA) is 102 Å². The summed E-state index contributed by atoms with van der Waals surface area (Å²) in [6, 6.07) is 4.55. The van der Waals surface area contributed by atoms with Gasteiger partial charge in [0, 0.05) is 23.7 Å². The fourth-order valence-electron chi connectivity index (χ4n) is 1.64. The molecule has 0 aliphatic rings. The van der Waals surface area contributed by atoms with E-state index in [4.69, 9.17) is 14.6 Å². The van der Waals surface area contributed by atoms with Crippen LogP contribution in [-0.4, -0.2) is 35.7 Å². The highest BCUT2D eigenvalue weighted by atomic mass is 16.6. The van der Waals surface area contributed by atoms with Gasteiger partial charge in [0.05, 0.1) is 7.11 Å². The van der Waals surface area contributed by atoms with Crippen LogP contribution >= 0.6 is 0 Å². The molecule has 0 spiro atoms. The van der Waals surface area contributed by atoms with Crippen LogP contribution in [-0.2, 0) is 20.7 Å². The standard InChI is InChI=1S/C15H19NO6/c1-15(2,3)22-14(20)16-10-6-5-9(12(8-10)21-4)7-11(17)13(18)19/h5-6,8H,7H2,1-4H3,(H,16,20)(H,18,19). The molecule has 0 bridgehead atoms. The van der Waals surface area contributed by atoms with Gasteiger partial charge in [-0.2, -0.15) is 0 Å². The van der Waals surface area contributed by atoms with Crippen molar-refractivity contribution in [1.29, 1.82) is 0 Å². The molecule has 7 heteroatoms. The number of hydrogen-bond donors (Lipinski definition) is 2. The molecule has 0 radical (unpaired) electrons. The van der Waals surface area contributed by atoms with Gasteiger partial charge in [0.15, 0.2) is 0 Å². The minimum Gasteiger partial charge on any atom is -0.496 e. The summed E-state index contributed by atoms with van der Waals surface area (Å²) in [6.45, 7) is 5.23. The highest BCUT2D eigenvalue weighted by molar-refractivity contribution is 6.33. The Kier molecular flexibility index (Phi) is 5.50. The molecule has 120 valence electrons. The maximum atomic E-state index is 11.7. The number of amides is 1. The molecular weight excluding hydrogens is 290 g/mol. The summed E-state index contributed by atoms with van der Waals surface area (Å²) in [5.74, 6) is -2.13. The van der Waals surface area contributed by atoms with Crippen LogP contribution in [0.3, 0.4) is 0 Å². The number of Topliss-reactive ketones (excluding diaryl/α,β-unsaturated/α-hetero) is 1. The summed E-state index contributed by atoms with van der Waals surface area (Å²) >= 11 is 0. The van der Waals surface area contributed by atoms with E-state index >= 15 is 0 Å². The van der Waals surface area contributed by atoms with Crippen molar-refractivity contribution in [2.24, 2.45) is 0 Å². The molecular formula is C15H19NO6. The van der Waals surface area contributed by atoms with Crippen LogP contribution in [0.2, 0.25) is 0 Å². The fraction of sp³-hybridized carbons (Fsp3) is 0.400. The Balaban J connectivity index is 2.86. The lowest BCUT2D eigenvalue weighted by Gasteiger charge is -2.20. The highest BCUT2D eigenvalue weighted by Gasteiger charge is 2.18. The number of nitrogens with one attached hydrogen (secondary N) is 1. The zero-order chi connectivity index (χ0) is 16.9. The van der Waals surface area contributed by atoms with Gasteiger partial charge in [0.25, 0.3) is 0 Å². The number of anilines is 1. The van der Waals surface area contributed by atoms with E-state index in [1.54, 1.807) is 20.8 Å². The molecule has 0 unspecified atom stereocenters. The second-order valence-electron chi connectivity index (χ2n) is 5.56. The number of carbonyl (C=O) groups is 3. The Morgan fingerprint density at radius 2 is 1.86 bits per heavy atom. The number of ketones is 1. The Hall–Kier alpha value is -2.57. The van der Waals surface area contributed by atoms with Gasteiger partial charge < -0.3 is 14.6 Å². The molecule has 0 fully saturated rings. The second kappa shape index (κ2) is 6.93. The number of carboxylic acids is 1. The number of rotatable bonds is 5. The number of ether oxygens (including phenoxy) is 2. The van der Waals surface area contributed by atoms with Gasteiger partial charge in [-0.3, -0.25) is 10.1 Å². The zero-order valence-corrected chi connectivity index (χ0v) is 12.9. The second-order valence-corrected chi connectivity index (χ2v) is 5.56. The fourth-order valence-corrected chi connectivity index (χ4v) is 1.64. The summed E-state index contributed by atoms with van der Waals surface area (Å²) in [4.78, 5) is 33.5. The Morgan fingerprint density at radius 3 is 2.36 bits per heavy atom. The van der Waals surface area contributed by atoms with Gasteiger partial charge in [-0.15, -0.1) is 0 Å². The molecule has 0 atom stereocenters. The predicted molar refractivity (Wildman–Crippen MR) is 79.2 cm³/mol. The van der Waals surface area contributed by atoms with Crippen LogP contribution in [0, 0.1) is 0 Å². The molecule has 0 saturated carbocycles. The van der Waals surface area contributed by atoms with E-state index in [0.29, 0.717) is 17.0 Å². The lowest BCUT2D eigenvalue weighted by molar-refractivity contribution is -0.148. The monoisotopic (exact) mass is 309 g/mol. The van der Waals surface area contributed by atoms with Crippen molar-refractivity contribution < 1.29 is 29.0 Å². The first-order valence-electron chi connectivity index (χ1n) is 6.55. The summed E-state index contributed by atoms with van der Waals surface area (Å²) in [5, 5.41) is 11.2. The number of methoxy groups -OCH3 is 1. The number of carbonyl (C=O) groups excluding carboxylic acids is 2. The van der Waals surface area contributed by atoms with E-state index in [2.05, 4.69) is 5.32 Å². The molecule has 7 nitrogen and oxygen atoms in total. The largest absolute Gasteiger partial charge is 0.496 e. The smallest absolute Gasteiger partial charge is 0.412 e. The van der Waals surface area contributed by atoms with Gasteiger partial charge in [0.2, 0.25) is 5.78 Å². The maximum Gasteiger partial charge on any atom is 0.412 e. The van der Waals surface area contributed by atoms with E-state index in [1.807, 2.05) is 0 Å². The molecule has 0 saturated heterocycles. The van der Waals surface area contributed by atoms with Crippen LogP contribution in [0.15, 0.2) is 18.2 Å². The quantitative estimate of drug-likeness (QED) is 0.809. The van der Waals surface area contributed by atoms with Crippen molar-refractivity contribution in [3.63, 3.8) is 0 Å².